The first-order valence-corrected chi connectivity index (χ1v) is 7.04. The molecule has 2 aliphatic rings. The SMILES string of the molecule is CC1CC(CNc2ccnn2C2CNC2)CCN1. The maximum absolute atomic E-state index is 4.42. The number of hydrogen-bond acceptors (Lipinski definition) is 4. The molecule has 2 saturated heterocycles. The molecule has 3 N–H and O–H groups in total. The third-order valence-corrected chi connectivity index (χ3v) is 4.08. The smallest absolute Gasteiger partial charge is 0.124 e. The Labute approximate surface area is 108 Å². The van der Waals surface area contributed by atoms with Gasteiger partial charge in [-0.05, 0) is 32.2 Å². The molecule has 0 aromatic carbocycles. The van der Waals surface area contributed by atoms with Crippen molar-refractivity contribution in [3.63, 3.8) is 0 Å². The second-order valence-corrected chi connectivity index (χ2v) is 5.60. The van der Waals surface area contributed by atoms with Crippen LogP contribution in [-0.4, -0.2) is 42.0 Å². The van der Waals surface area contributed by atoms with Crippen LogP contribution in [0.5, 0.6) is 0 Å². The van der Waals surface area contributed by atoms with Crippen molar-refractivity contribution in [2.75, 3.05) is 31.5 Å². The first-order chi connectivity index (χ1) is 8.83. The second-order valence-electron chi connectivity index (χ2n) is 5.60. The first-order valence-electron chi connectivity index (χ1n) is 7.04. The molecule has 0 saturated carbocycles. The van der Waals surface area contributed by atoms with Gasteiger partial charge in [-0.2, -0.15) is 5.10 Å². The lowest BCUT2D eigenvalue weighted by Crippen LogP contribution is -2.44. The Morgan fingerprint density at radius 1 is 1.50 bits per heavy atom. The second kappa shape index (κ2) is 5.28. The van der Waals surface area contributed by atoms with Crippen molar-refractivity contribution in [1.82, 2.24) is 20.4 Å². The molecule has 2 aliphatic heterocycles. The molecule has 1 aromatic rings. The molecule has 18 heavy (non-hydrogen) atoms. The minimum atomic E-state index is 0.537. The van der Waals surface area contributed by atoms with Crippen LogP contribution in [0.15, 0.2) is 12.3 Å². The molecule has 2 atom stereocenters. The molecule has 0 bridgehead atoms. The first kappa shape index (κ1) is 12.0. The van der Waals surface area contributed by atoms with Gasteiger partial charge < -0.3 is 16.0 Å². The van der Waals surface area contributed by atoms with Crippen molar-refractivity contribution in [3.8, 4) is 0 Å². The molecule has 0 radical (unpaired) electrons. The fourth-order valence-corrected chi connectivity index (χ4v) is 2.86. The molecule has 0 spiro atoms. The number of rotatable bonds is 4. The molecule has 3 heterocycles. The standard InChI is InChI=1S/C13H23N5/c1-10-6-11(2-4-15-10)7-16-13-3-5-17-18(13)12-8-14-9-12/h3,5,10-12,14-16H,2,4,6-9H2,1H3. The van der Waals surface area contributed by atoms with Crippen LogP contribution in [0.1, 0.15) is 25.8 Å². The maximum Gasteiger partial charge on any atom is 0.124 e. The summed E-state index contributed by atoms with van der Waals surface area (Å²) in [5.74, 6) is 1.96. The molecular weight excluding hydrogens is 226 g/mol. The van der Waals surface area contributed by atoms with E-state index < -0.39 is 0 Å². The average Bonchev–Trinajstić information content (AvgIpc) is 2.72. The highest BCUT2D eigenvalue weighted by molar-refractivity contribution is 5.35. The van der Waals surface area contributed by atoms with Gasteiger partial charge in [-0.1, -0.05) is 0 Å². The fourth-order valence-electron chi connectivity index (χ4n) is 2.86. The molecule has 0 amide bonds. The van der Waals surface area contributed by atoms with E-state index in [9.17, 15) is 0 Å². The summed E-state index contributed by atoms with van der Waals surface area (Å²) in [6.45, 7) is 6.58. The third-order valence-electron chi connectivity index (χ3n) is 4.08. The monoisotopic (exact) mass is 249 g/mol. The molecular formula is C13H23N5. The van der Waals surface area contributed by atoms with Gasteiger partial charge in [0.2, 0.25) is 0 Å². The van der Waals surface area contributed by atoms with Gasteiger partial charge in [0.15, 0.2) is 0 Å². The normalized spacial score (nSPS) is 28.9. The van der Waals surface area contributed by atoms with Gasteiger partial charge in [0.1, 0.15) is 5.82 Å². The van der Waals surface area contributed by atoms with Crippen LogP contribution in [0.3, 0.4) is 0 Å². The van der Waals surface area contributed by atoms with E-state index in [4.69, 9.17) is 0 Å². The zero-order chi connectivity index (χ0) is 12.4. The van der Waals surface area contributed by atoms with Crippen LogP contribution in [0, 0.1) is 5.92 Å². The van der Waals surface area contributed by atoms with Crippen LogP contribution < -0.4 is 16.0 Å². The van der Waals surface area contributed by atoms with Gasteiger partial charge in [0.05, 0.1) is 12.2 Å². The third kappa shape index (κ3) is 2.52. The van der Waals surface area contributed by atoms with Crippen molar-refractivity contribution in [3.05, 3.63) is 12.3 Å². The molecule has 2 fully saturated rings. The summed E-state index contributed by atoms with van der Waals surface area (Å²) >= 11 is 0. The highest BCUT2D eigenvalue weighted by Gasteiger charge is 2.22. The van der Waals surface area contributed by atoms with Crippen molar-refractivity contribution in [1.29, 1.82) is 0 Å². The Hall–Kier alpha value is -1.07. The number of nitrogens with one attached hydrogen (secondary N) is 3. The predicted octanol–water partition coefficient (Wildman–Crippen LogP) is 0.827. The summed E-state index contributed by atoms with van der Waals surface area (Å²) in [5.41, 5.74) is 0. The van der Waals surface area contributed by atoms with Gasteiger partial charge in [-0.15, -0.1) is 0 Å². The fraction of sp³-hybridized carbons (Fsp3) is 0.769. The van der Waals surface area contributed by atoms with Crippen molar-refractivity contribution in [2.45, 2.75) is 31.8 Å². The molecule has 3 rings (SSSR count). The lowest BCUT2D eigenvalue weighted by atomic mass is 9.93. The minimum Gasteiger partial charge on any atom is -0.370 e. The Bertz CT molecular complexity index is 384. The van der Waals surface area contributed by atoms with Gasteiger partial charge in [0, 0.05) is 31.7 Å². The van der Waals surface area contributed by atoms with Crippen LogP contribution in [0.4, 0.5) is 5.82 Å². The maximum atomic E-state index is 4.42. The number of anilines is 1. The van der Waals surface area contributed by atoms with Crippen molar-refractivity contribution < 1.29 is 0 Å². The van der Waals surface area contributed by atoms with Gasteiger partial charge in [0.25, 0.3) is 0 Å². The molecule has 2 unspecified atom stereocenters. The van der Waals surface area contributed by atoms with Gasteiger partial charge >= 0.3 is 0 Å². The van der Waals surface area contributed by atoms with Crippen molar-refractivity contribution in [2.24, 2.45) is 5.92 Å². The van der Waals surface area contributed by atoms with Crippen LogP contribution in [0.25, 0.3) is 0 Å². The number of hydrogen-bond donors (Lipinski definition) is 3. The summed E-state index contributed by atoms with van der Waals surface area (Å²) in [7, 11) is 0. The van der Waals surface area contributed by atoms with Gasteiger partial charge in [-0.3, -0.25) is 0 Å². The Morgan fingerprint density at radius 2 is 2.39 bits per heavy atom. The molecule has 100 valence electrons. The Balaban J connectivity index is 1.54. The molecule has 5 nitrogen and oxygen atoms in total. The van der Waals surface area contributed by atoms with Crippen molar-refractivity contribution >= 4 is 5.82 Å². The van der Waals surface area contributed by atoms with Gasteiger partial charge in [-0.25, -0.2) is 4.68 Å². The highest BCUT2D eigenvalue weighted by atomic mass is 15.4. The topological polar surface area (TPSA) is 53.9 Å². The number of aromatic nitrogens is 2. The zero-order valence-electron chi connectivity index (χ0n) is 11.0. The van der Waals surface area contributed by atoms with E-state index >= 15 is 0 Å². The molecule has 0 aliphatic carbocycles. The summed E-state index contributed by atoms with van der Waals surface area (Å²) < 4.78 is 2.13. The van der Waals surface area contributed by atoms with E-state index in [-0.39, 0.29) is 0 Å². The van der Waals surface area contributed by atoms with E-state index in [0.717, 1.165) is 32.1 Å². The summed E-state index contributed by atoms with van der Waals surface area (Å²) in [6, 6.07) is 3.28. The number of nitrogens with zero attached hydrogens (tertiary/aromatic N) is 2. The van der Waals surface area contributed by atoms with E-state index in [1.807, 2.05) is 6.20 Å². The summed E-state index contributed by atoms with van der Waals surface area (Å²) in [4.78, 5) is 0. The van der Waals surface area contributed by atoms with E-state index in [2.05, 4.69) is 38.7 Å². The van der Waals surface area contributed by atoms with E-state index in [1.54, 1.807) is 0 Å². The highest BCUT2D eigenvalue weighted by Crippen LogP contribution is 2.20. The molecule has 1 aromatic heterocycles. The van der Waals surface area contributed by atoms with E-state index in [1.165, 1.54) is 18.7 Å². The minimum absolute atomic E-state index is 0.537. The Kier molecular flexibility index (Phi) is 3.52. The quantitative estimate of drug-likeness (QED) is 0.740. The lowest BCUT2D eigenvalue weighted by Gasteiger charge is -2.31. The van der Waals surface area contributed by atoms with Crippen LogP contribution in [0.2, 0.25) is 0 Å². The zero-order valence-corrected chi connectivity index (χ0v) is 11.0. The summed E-state index contributed by atoms with van der Waals surface area (Å²) in [5, 5.41) is 14.8. The number of piperidine rings is 1. The average molecular weight is 249 g/mol. The lowest BCUT2D eigenvalue weighted by molar-refractivity contribution is 0.315. The van der Waals surface area contributed by atoms with Crippen LogP contribution in [-0.2, 0) is 0 Å². The van der Waals surface area contributed by atoms with E-state index in [0.29, 0.717) is 12.1 Å². The molecule has 5 heteroatoms. The Morgan fingerprint density at radius 3 is 3.11 bits per heavy atom. The largest absolute Gasteiger partial charge is 0.370 e. The summed E-state index contributed by atoms with van der Waals surface area (Å²) in [6.07, 6.45) is 4.44. The predicted molar refractivity (Wildman–Crippen MR) is 72.8 cm³/mol. The van der Waals surface area contributed by atoms with Crippen LogP contribution >= 0.6 is 0 Å².